The summed E-state index contributed by atoms with van der Waals surface area (Å²) in [4.78, 5) is 38.3. The SMILES string of the molecule is CCOC(=O)c1nn(-c2ccc(Cl)cc2)c(=O)c2c(NC(=O)c3ccsc3)scc12. The molecule has 0 aliphatic rings. The lowest BCUT2D eigenvalue weighted by Crippen LogP contribution is -2.25. The molecule has 10 heteroatoms. The highest BCUT2D eigenvalue weighted by Gasteiger charge is 2.23. The minimum atomic E-state index is -0.654. The van der Waals surface area contributed by atoms with Crippen LogP contribution in [0.2, 0.25) is 5.02 Å². The van der Waals surface area contributed by atoms with E-state index in [0.717, 1.165) is 16.0 Å². The van der Waals surface area contributed by atoms with Gasteiger partial charge in [0.2, 0.25) is 0 Å². The third-order valence-electron chi connectivity index (χ3n) is 4.20. The minimum Gasteiger partial charge on any atom is -0.461 e. The Morgan fingerprint density at radius 3 is 2.63 bits per heavy atom. The molecular formula is C20H14ClN3O4S2. The molecule has 0 atom stereocenters. The van der Waals surface area contributed by atoms with Crippen LogP contribution in [0.25, 0.3) is 16.5 Å². The lowest BCUT2D eigenvalue weighted by Gasteiger charge is -2.10. The maximum Gasteiger partial charge on any atom is 0.359 e. The molecular weight excluding hydrogens is 446 g/mol. The van der Waals surface area contributed by atoms with Crippen molar-refractivity contribution in [2.45, 2.75) is 6.92 Å². The predicted octanol–water partition coefficient (Wildman–Crippen LogP) is 4.59. The Bertz CT molecular complexity index is 1290. The summed E-state index contributed by atoms with van der Waals surface area (Å²) in [6.07, 6.45) is 0. The quantitative estimate of drug-likeness (QED) is 0.441. The van der Waals surface area contributed by atoms with Crippen molar-refractivity contribution >= 4 is 61.9 Å². The summed E-state index contributed by atoms with van der Waals surface area (Å²) in [5.74, 6) is -0.995. The number of hydrogen-bond acceptors (Lipinski definition) is 7. The standard InChI is InChI=1S/C20H14ClN3O4S2/c1-2-28-20(27)16-14-10-30-18(22-17(25)11-7-8-29-9-11)15(14)19(26)24(23-16)13-5-3-12(21)4-6-13/h3-10H,2H2,1H3,(H,22,25). The number of nitrogens with zero attached hydrogens (tertiary/aromatic N) is 2. The summed E-state index contributed by atoms with van der Waals surface area (Å²) < 4.78 is 6.22. The number of carbonyl (C=O) groups is 2. The largest absolute Gasteiger partial charge is 0.461 e. The van der Waals surface area contributed by atoms with Gasteiger partial charge >= 0.3 is 5.97 Å². The van der Waals surface area contributed by atoms with E-state index in [4.69, 9.17) is 16.3 Å². The number of thiophene rings is 2. The first-order valence-electron chi connectivity index (χ1n) is 8.80. The van der Waals surface area contributed by atoms with Crippen LogP contribution in [0.15, 0.2) is 51.3 Å². The molecule has 0 fully saturated rings. The van der Waals surface area contributed by atoms with Crippen molar-refractivity contribution in [2.75, 3.05) is 11.9 Å². The Hall–Kier alpha value is -3.01. The number of nitrogens with one attached hydrogen (secondary N) is 1. The van der Waals surface area contributed by atoms with E-state index < -0.39 is 11.5 Å². The molecule has 0 bridgehead atoms. The van der Waals surface area contributed by atoms with Crippen LogP contribution >= 0.6 is 34.3 Å². The van der Waals surface area contributed by atoms with Gasteiger partial charge in [-0.05, 0) is 42.6 Å². The van der Waals surface area contributed by atoms with Crippen molar-refractivity contribution in [1.82, 2.24) is 9.78 Å². The number of amides is 1. The van der Waals surface area contributed by atoms with Crippen LogP contribution in [0.1, 0.15) is 27.8 Å². The van der Waals surface area contributed by atoms with Crippen LogP contribution in [0.5, 0.6) is 0 Å². The first-order valence-corrected chi connectivity index (χ1v) is 11.0. The fraction of sp³-hybridized carbons (Fsp3) is 0.100. The lowest BCUT2D eigenvalue weighted by molar-refractivity contribution is 0.0520. The van der Waals surface area contributed by atoms with Gasteiger partial charge in [0, 0.05) is 21.2 Å². The summed E-state index contributed by atoms with van der Waals surface area (Å²) in [6.45, 7) is 1.85. The van der Waals surface area contributed by atoms with Gasteiger partial charge < -0.3 is 10.1 Å². The molecule has 1 aromatic carbocycles. The van der Waals surface area contributed by atoms with Gasteiger partial charge in [-0.1, -0.05) is 11.6 Å². The molecule has 4 rings (SSSR count). The fourth-order valence-corrected chi connectivity index (χ4v) is 4.51. The second kappa shape index (κ2) is 8.39. The van der Waals surface area contributed by atoms with E-state index in [0.29, 0.717) is 26.7 Å². The zero-order chi connectivity index (χ0) is 21.3. The van der Waals surface area contributed by atoms with Crippen LogP contribution in [0.3, 0.4) is 0 Å². The molecule has 0 spiro atoms. The molecule has 0 aliphatic carbocycles. The molecule has 1 N–H and O–H groups in total. The Morgan fingerprint density at radius 1 is 1.20 bits per heavy atom. The van der Waals surface area contributed by atoms with E-state index in [1.165, 1.54) is 11.3 Å². The fourth-order valence-electron chi connectivity index (χ4n) is 2.82. The highest BCUT2D eigenvalue weighted by molar-refractivity contribution is 7.16. The molecule has 0 radical (unpaired) electrons. The number of hydrogen-bond donors (Lipinski definition) is 1. The van der Waals surface area contributed by atoms with Gasteiger partial charge in [0.05, 0.1) is 23.2 Å². The van der Waals surface area contributed by atoms with E-state index in [-0.39, 0.29) is 23.6 Å². The number of rotatable bonds is 5. The first-order chi connectivity index (χ1) is 14.5. The number of benzene rings is 1. The third-order valence-corrected chi connectivity index (χ3v) is 6.03. The van der Waals surface area contributed by atoms with Crippen molar-refractivity contribution in [3.05, 3.63) is 73.1 Å². The lowest BCUT2D eigenvalue weighted by atomic mass is 10.2. The minimum absolute atomic E-state index is 0.00585. The molecule has 1 amide bonds. The number of ether oxygens (including phenoxy) is 1. The van der Waals surface area contributed by atoms with Crippen LogP contribution in [-0.4, -0.2) is 28.3 Å². The maximum atomic E-state index is 13.3. The second-order valence-corrected chi connectivity index (χ2v) is 8.18. The highest BCUT2D eigenvalue weighted by atomic mass is 35.5. The molecule has 0 unspecified atom stereocenters. The van der Waals surface area contributed by atoms with Crippen molar-refractivity contribution in [2.24, 2.45) is 0 Å². The monoisotopic (exact) mass is 459 g/mol. The number of halogens is 1. The topological polar surface area (TPSA) is 90.3 Å². The smallest absolute Gasteiger partial charge is 0.359 e. The molecule has 30 heavy (non-hydrogen) atoms. The van der Waals surface area contributed by atoms with Gasteiger partial charge in [-0.2, -0.15) is 21.1 Å². The molecule has 7 nitrogen and oxygen atoms in total. The number of fused-ring (bicyclic) bond motifs is 1. The molecule has 0 aliphatic heterocycles. The summed E-state index contributed by atoms with van der Waals surface area (Å²) >= 11 is 8.49. The summed E-state index contributed by atoms with van der Waals surface area (Å²) in [5, 5.41) is 13.5. The zero-order valence-corrected chi connectivity index (χ0v) is 17.9. The normalized spacial score (nSPS) is 10.9. The number of esters is 1. The van der Waals surface area contributed by atoms with Crippen molar-refractivity contribution in [3.63, 3.8) is 0 Å². The van der Waals surface area contributed by atoms with E-state index in [2.05, 4.69) is 10.4 Å². The van der Waals surface area contributed by atoms with E-state index >= 15 is 0 Å². The van der Waals surface area contributed by atoms with E-state index in [1.807, 2.05) is 0 Å². The van der Waals surface area contributed by atoms with Crippen molar-refractivity contribution in [1.29, 1.82) is 0 Å². The predicted molar refractivity (Wildman–Crippen MR) is 118 cm³/mol. The van der Waals surface area contributed by atoms with E-state index in [9.17, 15) is 14.4 Å². The number of anilines is 1. The molecule has 3 heterocycles. The molecule has 152 valence electrons. The molecule has 0 saturated carbocycles. The third kappa shape index (κ3) is 3.74. The Balaban J connectivity index is 1.91. The highest BCUT2D eigenvalue weighted by Crippen LogP contribution is 2.31. The number of carbonyl (C=O) groups excluding carboxylic acids is 2. The average Bonchev–Trinajstić information content (AvgIpc) is 3.40. The Kier molecular flexibility index (Phi) is 5.67. The summed E-state index contributed by atoms with van der Waals surface area (Å²) in [7, 11) is 0. The van der Waals surface area contributed by atoms with Gasteiger partial charge in [-0.3, -0.25) is 9.59 Å². The van der Waals surface area contributed by atoms with Crippen LogP contribution in [-0.2, 0) is 4.74 Å². The Morgan fingerprint density at radius 2 is 1.97 bits per heavy atom. The number of aromatic nitrogens is 2. The van der Waals surface area contributed by atoms with Gasteiger partial charge in [0.15, 0.2) is 5.69 Å². The van der Waals surface area contributed by atoms with Crippen LogP contribution in [0.4, 0.5) is 5.00 Å². The van der Waals surface area contributed by atoms with Gasteiger partial charge in [-0.15, -0.1) is 11.3 Å². The Labute approximate surface area is 183 Å². The summed E-state index contributed by atoms with van der Waals surface area (Å²) in [5.41, 5.74) is 0.438. The first kappa shape index (κ1) is 20.3. The summed E-state index contributed by atoms with van der Waals surface area (Å²) in [6, 6.07) is 8.16. The maximum absolute atomic E-state index is 13.3. The van der Waals surface area contributed by atoms with Crippen LogP contribution in [0, 0.1) is 0 Å². The van der Waals surface area contributed by atoms with E-state index in [1.54, 1.807) is 53.4 Å². The molecule has 4 aromatic rings. The van der Waals surface area contributed by atoms with Gasteiger partial charge in [-0.25, -0.2) is 4.79 Å². The van der Waals surface area contributed by atoms with Crippen LogP contribution < -0.4 is 10.9 Å². The average molecular weight is 460 g/mol. The van der Waals surface area contributed by atoms with Gasteiger partial charge in [0.25, 0.3) is 11.5 Å². The van der Waals surface area contributed by atoms with Crippen molar-refractivity contribution < 1.29 is 14.3 Å². The molecule has 0 saturated heterocycles. The molecule has 3 aromatic heterocycles. The zero-order valence-electron chi connectivity index (χ0n) is 15.5. The van der Waals surface area contributed by atoms with Gasteiger partial charge in [0.1, 0.15) is 5.00 Å². The second-order valence-electron chi connectivity index (χ2n) is 6.08. The van der Waals surface area contributed by atoms with Crippen molar-refractivity contribution in [3.8, 4) is 5.69 Å².